The standard InChI is InChI=1S/C14H18N2O3/c1-2-18-13-7-3-11(4-8-13)9-15-19-10-14(17)16-12-5-6-12/h3-4,7-9,12H,2,5-6,10H2,1H3,(H,16,17)/b15-9-. The first kappa shape index (κ1) is 13.4. The van der Waals surface area contributed by atoms with Crippen molar-refractivity contribution in [3.05, 3.63) is 29.8 Å². The molecule has 5 heteroatoms. The zero-order valence-corrected chi connectivity index (χ0v) is 11.0. The Morgan fingerprint density at radius 3 is 2.79 bits per heavy atom. The number of oxime groups is 1. The van der Waals surface area contributed by atoms with Gasteiger partial charge in [0.25, 0.3) is 5.91 Å². The maximum Gasteiger partial charge on any atom is 0.260 e. The molecule has 1 aromatic carbocycles. The summed E-state index contributed by atoms with van der Waals surface area (Å²) in [6.45, 7) is 2.55. The molecular formula is C14H18N2O3. The molecule has 1 saturated carbocycles. The molecule has 1 amide bonds. The second-order valence-corrected chi connectivity index (χ2v) is 4.35. The lowest BCUT2D eigenvalue weighted by atomic mass is 10.2. The van der Waals surface area contributed by atoms with E-state index in [1.54, 1.807) is 6.21 Å². The fourth-order valence-corrected chi connectivity index (χ4v) is 1.51. The Hall–Kier alpha value is -2.04. The maximum atomic E-state index is 11.3. The molecule has 1 aliphatic carbocycles. The molecule has 1 fully saturated rings. The molecule has 0 unspecified atom stereocenters. The van der Waals surface area contributed by atoms with E-state index in [-0.39, 0.29) is 12.5 Å². The van der Waals surface area contributed by atoms with Crippen molar-refractivity contribution >= 4 is 12.1 Å². The fraction of sp³-hybridized carbons (Fsp3) is 0.429. The van der Waals surface area contributed by atoms with Crippen molar-refractivity contribution in [2.75, 3.05) is 13.2 Å². The van der Waals surface area contributed by atoms with Crippen molar-refractivity contribution in [3.63, 3.8) is 0 Å². The molecule has 0 bridgehead atoms. The zero-order chi connectivity index (χ0) is 13.5. The predicted octanol–water partition coefficient (Wildman–Crippen LogP) is 1.71. The van der Waals surface area contributed by atoms with E-state index in [0.29, 0.717) is 12.6 Å². The summed E-state index contributed by atoms with van der Waals surface area (Å²) in [5.41, 5.74) is 0.894. The highest BCUT2D eigenvalue weighted by Gasteiger charge is 2.23. The summed E-state index contributed by atoms with van der Waals surface area (Å²) in [6.07, 6.45) is 3.71. The quantitative estimate of drug-likeness (QED) is 0.601. The first-order chi connectivity index (χ1) is 9.28. The van der Waals surface area contributed by atoms with Gasteiger partial charge in [0.15, 0.2) is 6.61 Å². The van der Waals surface area contributed by atoms with Crippen molar-refractivity contribution in [1.29, 1.82) is 0 Å². The number of carbonyl (C=O) groups is 1. The van der Waals surface area contributed by atoms with Crippen LogP contribution in [0.2, 0.25) is 0 Å². The molecular weight excluding hydrogens is 244 g/mol. The second-order valence-electron chi connectivity index (χ2n) is 4.35. The van der Waals surface area contributed by atoms with Gasteiger partial charge in [0, 0.05) is 6.04 Å². The van der Waals surface area contributed by atoms with Crippen LogP contribution in [-0.2, 0) is 9.63 Å². The van der Waals surface area contributed by atoms with Gasteiger partial charge in [-0.25, -0.2) is 0 Å². The van der Waals surface area contributed by atoms with E-state index in [9.17, 15) is 4.79 Å². The summed E-state index contributed by atoms with van der Waals surface area (Å²) in [4.78, 5) is 16.2. The summed E-state index contributed by atoms with van der Waals surface area (Å²) in [7, 11) is 0. The number of rotatable bonds is 7. The Morgan fingerprint density at radius 2 is 2.16 bits per heavy atom. The molecule has 0 heterocycles. The number of hydrogen-bond acceptors (Lipinski definition) is 4. The summed E-state index contributed by atoms with van der Waals surface area (Å²) >= 11 is 0. The van der Waals surface area contributed by atoms with Gasteiger partial charge >= 0.3 is 0 Å². The average Bonchev–Trinajstić information content (AvgIpc) is 3.21. The van der Waals surface area contributed by atoms with Gasteiger partial charge in [-0.05, 0) is 49.6 Å². The minimum absolute atomic E-state index is 0.0377. The highest BCUT2D eigenvalue weighted by Crippen LogP contribution is 2.18. The Labute approximate surface area is 112 Å². The maximum absolute atomic E-state index is 11.3. The molecule has 0 saturated heterocycles. The number of hydrogen-bond donors (Lipinski definition) is 1. The van der Waals surface area contributed by atoms with Gasteiger partial charge in [-0.15, -0.1) is 0 Å². The monoisotopic (exact) mass is 262 g/mol. The molecule has 0 aromatic heterocycles. The van der Waals surface area contributed by atoms with Crippen LogP contribution >= 0.6 is 0 Å². The van der Waals surface area contributed by atoms with E-state index >= 15 is 0 Å². The van der Waals surface area contributed by atoms with Crippen molar-refractivity contribution < 1.29 is 14.4 Å². The summed E-state index contributed by atoms with van der Waals surface area (Å²) < 4.78 is 5.33. The van der Waals surface area contributed by atoms with E-state index in [0.717, 1.165) is 24.2 Å². The zero-order valence-electron chi connectivity index (χ0n) is 11.0. The summed E-state index contributed by atoms with van der Waals surface area (Å²) in [6, 6.07) is 7.84. The average molecular weight is 262 g/mol. The molecule has 1 N–H and O–H groups in total. The van der Waals surface area contributed by atoms with Crippen LogP contribution in [0.1, 0.15) is 25.3 Å². The van der Waals surface area contributed by atoms with Gasteiger partial charge in [0.2, 0.25) is 0 Å². The fourth-order valence-electron chi connectivity index (χ4n) is 1.51. The lowest BCUT2D eigenvalue weighted by molar-refractivity contribution is -0.125. The van der Waals surface area contributed by atoms with Crippen molar-refractivity contribution in [2.45, 2.75) is 25.8 Å². The van der Waals surface area contributed by atoms with Gasteiger partial charge in [0.1, 0.15) is 5.75 Å². The van der Waals surface area contributed by atoms with Crippen LogP contribution in [0.15, 0.2) is 29.4 Å². The van der Waals surface area contributed by atoms with Crippen LogP contribution in [0.4, 0.5) is 0 Å². The third-order valence-corrected chi connectivity index (χ3v) is 2.61. The van der Waals surface area contributed by atoms with Gasteiger partial charge < -0.3 is 14.9 Å². The normalized spacial score (nSPS) is 14.4. The second kappa shape index (κ2) is 6.78. The largest absolute Gasteiger partial charge is 0.494 e. The third kappa shape index (κ3) is 4.99. The number of carbonyl (C=O) groups excluding carboxylic acids is 1. The van der Waals surface area contributed by atoms with E-state index in [1.807, 2.05) is 31.2 Å². The highest BCUT2D eigenvalue weighted by atomic mass is 16.6. The van der Waals surface area contributed by atoms with E-state index in [1.165, 1.54) is 0 Å². The molecule has 0 radical (unpaired) electrons. The minimum atomic E-state index is -0.119. The lowest BCUT2D eigenvalue weighted by Gasteiger charge is -2.02. The molecule has 1 aliphatic rings. The molecule has 1 aromatic rings. The number of ether oxygens (including phenoxy) is 1. The molecule has 102 valence electrons. The highest BCUT2D eigenvalue weighted by molar-refractivity contribution is 5.80. The number of nitrogens with zero attached hydrogens (tertiary/aromatic N) is 1. The third-order valence-electron chi connectivity index (χ3n) is 2.61. The number of amides is 1. The Kier molecular flexibility index (Phi) is 4.78. The van der Waals surface area contributed by atoms with E-state index in [2.05, 4.69) is 10.5 Å². The van der Waals surface area contributed by atoms with Crippen molar-refractivity contribution in [1.82, 2.24) is 5.32 Å². The van der Waals surface area contributed by atoms with E-state index < -0.39 is 0 Å². The molecule has 19 heavy (non-hydrogen) atoms. The Morgan fingerprint density at radius 1 is 1.42 bits per heavy atom. The van der Waals surface area contributed by atoms with Gasteiger partial charge in [-0.3, -0.25) is 4.79 Å². The topological polar surface area (TPSA) is 59.9 Å². The molecule has 0 spiro atoms. The summed E-state index contributed by atoms with van der Waals surface area (Å²) in [5, 5.41) is 6.58. The van der Waals surface area contributed by atoms with Crippen LogP contribution in [0.25, 0.3) is 0 Å². The number of benzene rings is 1. The molecule has 0 atom stereocenters. The van der Waals surface area contributed by atoms with Crippen LogP contribution in [-0.4, -0.2) is 31.4 Å². The molecule has 5 nitrogen and oxygen atoms in total. The van der Waals surface area contributed by atoms with Crippen LogP contribution in [0, 0.1) is 0 Å². The predicted molar refractivity (Wildman–Crippen MR) is 72.3 cm³/mol. The Bertz CT molecular complexity index is 439. The smallest absolute Gasteiger partial charge is 0.260 e. The van der Waals surface area contributed by atoms with Crippen molar-refractivity contribution in [2.24, 2.45) is 5.16 Å². The van der Waals surface area contributed by atoms with Crippen molar-refractivity contribution in [3.8, 4) is 5.75 Å². The minimum Gasteiger partial charge on any atom is -0.494 e. The lowest BCUT2D eigenvalue weighted by Crippen LogP contribution is -2.28. The van der Waals surface area contributed by atoms with Gasteiger partial charge in [0.05, 0.1) is 12.8 Å². The first-order valence-corrected chi connectivity index (χ1v) is 6.45. The van der Waals surface area contributed by atoms with Crippen LogP contribution < -0.4 is 10.1 Å². The Balaban J connectivity index is 1.70. The SMILES string of the molecule is CCOc1ccc(/C=N\OCC(=O)NC2CC2)cc1. The van der Waals surface area contributed by atoms with Gasteiger partial charge in [-0.1, -0.05) is 5.16 Å². The van der Waals surface area contributed by atoms with Crippen LogP contribution in [0.5, 0.6) is 5.75 Å². The molecule has 2 rings (SSSR count). The summed E-state index contributed by atoms with van der Waals surface area (Å²) in [5.74, 6) is 0.704. The first-order valence-electron chi connectivity index (χ1n) is 6.45. The molecule has 0 aliphatic heterocycles. The van der Waals surface area contributed by atoms with Crippen LogP contribution in [0.3, 0.4) is 0 Å². The van der Waals surface area contributed by atoms with Gasteiger partial charge in [-0.2, -0.15) is 0 Å². The van der Waals surface area contributed by atoms with E-state index in [4.69, 9.17) is 9.57 Å². The number of nitrogens with one attached hydrogen (secondary N) is 1.